The van der Waals surface area contributed by atoms with E-state index in [1.54, 1.807) is 36.4 Å². The summed E-state index contributed by atoms with van der Waals surface area (Å²) in [5.74, 6) is 0.350. The molecule has 0 radical (unpaired) electrons. The van der Waals surface area contributed by atoms with Gasteiger partial charge in [0.2, 0.25) is 0 Å². The van der Waals surface area contributed by atoms with E-state index in [9.17, 15) is 10.2 Å². The van der Waals surface area contributed by atoms with Crippen molar-refractivity contribution >= 4 is 0 Å². The number of ether oxygens (including phenoxy) is 3. The first-order valence-corrected chi connectivity index (χ1v) is 9.20. The van der Waals surface area contributed by atoms with Crippen molar-refractivity contribution in [2.24, 2.45) is 0 Å². The van der Waals surface area contributed by atoms with Gasteiger partial charge in [-0.3, -0.25) is 0 Å². The topological polar surface area (TPSA) is 74.8 Å². The zero-order chi connectivity index (χ0) is 19.7. The molecular weight excluding hydrogens is 344 g/mol. The summed E-state index contributed by atoms with van der Waals surface area (Å²) in [6, 6.07) is 13.9. The highest BCUT2D eigenvalue weighted by molar-refractivity contribution is 5.74. The standard InChI is InChI=1S/C12H10O2.C10H18O3/c13-11-7-3-1-5-9(11)10-6-2-4-8-12(10)14;1-9(2,7-5-11-7)13-10(3,4)8-6-12-8/h1-8,13-14H;7-8H,5-6H2,1-4H3. The van der Waals surface area contributed by atoms with Crippen LogP contribution >= 0.6 is 0 Å². The molecule has 2 aliphatic rings. The van der Waals surface area contributed by atoms with Gasteiger partial charge in [-0.1, -0.05) is 36.4 Å². The van der Waals surface area contributed by atoms with Crippen LogP contribution in [-0.2, 0) is 14.2 Å². The highest BCUT2D eigenvalue weighted by Crippen LogP contribution is 2.37. The van der Waals surface area contributed by atoms with Crippen LogP contribution in [0.1, 0.15) is 27.7 Å². The third-order valence-electron chi connectivity index (χ3n) is 4.84. The summed E-state index contributed by atoms with van der Waals surface area (Å²) in [4.78, 5) is 0. The molecule has 2 unspecified atom stereocenters. The van der Waals surface area contributed by atoms with E-state index in [4.69, 9.17) is 14.2 Å². The Morgan fingerprint density at radius 1 is 0.741 bits per heavy atom. The Balaban J connectivity index is 0.000000156. The van der Waals surface area contributed by atoms with Gasteiger partial charge in [-0.25, -0.2) is 0 Å². The molecule has 146 valence electrons. The van der Waals surface area contributed by atoms with Gasteiger partial charge in [0, 0.05) is 11.1 Å². The third kappa shape index (κ3) is 5.01. The van der Waals surface area contributed by atoms with E-state index >= 15 is 0 Å². The molecule has 27 heavy (non-hydrogen) atoms. The molecule has 0 bridgehead atoms. The Bertz CT molecular complexity index is 710. The van der Waals surface area contributed by atoms with Crippen molar-refractivity contribution in [3.8, 4) is 22.6 Å². The smallest absolute Gasteiger partial charge is 0.123 e. The number of rotatable bonds is 5. The predicted molar refractivity (Wildman–Crippen MR) is 104 cm³/mol. The summed E-state index contributed by atoms with van der Waals surface area (Å²) in [5.41, 5.74) is 0.918. The number of phenolic OH excluding ortho intramolecular Hbond substituents is 2. The number of hydrogen-bond acceptors (Lipinski definition) is 5. The average Bonchev–Trinajstić information content (AvgIpc) is 3.49. The fourth-order valence-electron chi connectivity index (χ4n) is 3.11. The quantitative estimate of drug-likeness (QED) is 0.772. The fraction of sp³-hybridized carbons (Fsp3) is 0.455. The molecule has 2 fully saturated rings. The van der Waals surface area contributed by atoms with Crippen molar-refractivity contribution in [1.29, 1.82) is 0 Å². The summed E-state index contributed by atoms with van der Waals surface area (Å²) in [5, 5.41) is 19.2. The Labute approximate surface area is 160 Å². The van der Waals surface area contributed by atoms with Crippen molar-refractivity contribution in [2.75, 3.05) is 13.2 Å². The Morgan fingerprint density at radius 3 is 1.37 bits per heavy atom. The van der Waals surface area contributed by atoms with E-state index in [-0.39, 0.29) is 34.9 Å². The van der Waals surface area contributed by atoms with Crippen LogP contribution < -0.4 is 0 Å². The minimum Gasteiger partial charge on any atom is -0.507 e. The Morgan fingerprint density at radius 2 is 1.07 bits per heavy atom. The molecule has 0 spiro atoms. The van der Waals surface area contributed by atoms with Gasteiger partial charge in [-0.05, 0) is 39.8 Å². The largest absolute Gasteiger partial charge is 0.507 e. The van der Waals surface area contributed by atoms with Crippen LogP contribution in [0, 0.1) is 0 Å². The molecule has 0 aromatic heterocycles. The number of aromatic hydroxyl groups is 2. The second-order valence-electron chi connectivity index (χ2n) is 7.99. The Kier molecular flexibility index (Phi) is 5.47. The first-order chi connectivity index (χ1) is 12.7. The Hall–Kier alpha value is -2.08. The van der Waals surface area contributed by atoms with Crippen molar-refractivity contribution in [2.45, 2.75) is 51.1 Å². The molecule has 2 N–H and O–H groups in total. The van der Waals surface area contributed by atoms with E-state index in [2.05, 4.69) is 27.7 Å². The number of benzene rings is 2. The predicted octanol–water partition coefficient (Wildman–Crippen LogP) is 4.12. The van der Waals surface area contributed by atoms with Gasteiger partial charge in [0.05, 0.1) is 24.4 Å². The molecule has 5 nitrogen and oxygen atoms in total. The lowest BCUT2D eigenvalue weighted by atomic mass is 10.0. The molecule has 5 heteroatoms. The molecule has 2 saturated heterocycles. The average molecular weight is 372 g/mol. The summed E-state index contributed by atoms with van der Waals surface area (Å²) >= 11 is 0. The molecule has 0 aliphatic carbocycles. The van der Waals surface area contributed by atoms with Crippen molar-refractivity contribution < 1.29 is 24.4 Å². The highest BCUT2D eigenvalue weighted by Gasteiger charge is 2.49. The molecule has 2 aliphatic heterocycles. The monoisotopic (exact) mass is 372 g/mol. The minimum atomic E-state index is -0.185. The SMILES string of the molecule is CC(C)(OC(C)(C)C1CO1)C1CO1.Oc1ccccc1-c1ccccc1O. The summed E-state index contributed by atoms with van der Waals surface area (Å²) in [7, 11) is 0. The zero-order valence-corrected chi connectivity index (χ0v) is 16.3. The normalized spacial score (nSPS) is 21.2. The van der Waals surface area contributed by atoms with Crippen LogP contribution in [-0.4, -0.2) is 46.8 Å². The molecule has 2 heterocycles. The maximum Gasteiger partial charge on any atom is 0.123 e. The molecule has 2 atom stereocenters. The summed E-state index contributed by atoms with van der Waals surface area (Å²) in [6.07, 6.45) is 0.538. The lowest BCUT2D eigenvalue weighted by Gasteiger charge is -2.34. The van der Waals surface area contributed by atoms with E-state index < -0.39 is 0 Å². The highest BCUT2D eigenvalue weighted by atomic mass is 16.6. The van der Waals surface area contributed by atoms with Crippen molar-refractivity contribution in [1.82, 2.24) is 0 Å². The molecular formula is C22H28O5. The van der Waals surface area contributed by atoms with Gasteiger partial charge in [0.25, 0.3) is 0 Å². The minimum absolute atomic E-state index is 0.175. The van der Waals surface area contributed by atoms with Crippen LogP contribution in [0.4, 0.5) is 0 Å². The van der Waals surface area contributed by atoms with Crippen LogP contribution in [0.2, 0.25) is 0 Å². The molecule has 0 amide bonds. The lowest BCUT2D eigenvalue weighted by Crippen LogP contribution is -2.44. The third-order valence-corrected chi connectivity index (χ3v) is 4.84. The first kappa shape index (κ1) is 19.7. The van der Waals surface area contributed by atoms with E-state index in [1.807, 2.05) is 12.1 Å². The van der Waals surface area contributed by atoms with Gasteiger partial charge in [-0.15, -0.1) is 0 Å². The second kappa shape index (κ2) is 7.50. The number of para-hydroxylation sites is 2. The molecule has 2 aromatic carbocycles. The van der Waals surface area contributed by atoms with Gasteiger partial charge in [0.1, 0.15) is 23.7 Å². The zero-order valence-electron chi connectivity index (χ0n) is 16.3. The van der Waals surface area contributed by atoms with Crippen LogP contribution in [0.25, 0.3) is 11.1 Å². The van der Waals surface area contributed by atoms with Gasteiger partial charge in [-0.2, -0.15) is 0 Å². The maximum atomic E-state index is 9.58. The van der Waals surface area contributed by atoms with Crippen LogP contribution in [0.3, 0.4) is 0 Å². The molecule has 0 saturated carbocycles. The van der Waals surface area contributed by atoms with Crippen LogP contribution in [0.15, 0.2) is 48.5 Å². The first-order valence-electron chi connectivity index (χ1n) is 9.20. The van der Waals surface area contributed by atoms with Crippen molar-refractivity contribution in [3.05, 3.63) is 48.5 Å². The van der Waals surface area contributed by atoms with Gasteiger partial charge < -0.3 is 24.4 Å². The van der Waals surface area contributed by atoms with E-state index in [1.165, 1.54) is 0 Å². The number of epoxide rings is 2. The lowest BCUT2D eigenvalue weighted by molar-refractivity contribution is -0.142. The molecule has 4 rings (SSSR count). The van der Waals surface area contributed by atoms with Gasteiger partial charge in [0.15, 0.2) is 0 Å². The molecule has 2 aromatic rings. The summed E-state index contributed by atoms with van der Waals surface area (Å²) in [6.45, 7) is 9.97. The maximum absolute atomic E-state index is 9.58. The second-order valence-corrected chi connectivity index (χ2v) is 7.99. The van der Waals surface area contributed by atoms with Crippen molar-refractivity contribution in [3.63, 3.8) is 0 Å². The number of phenols is 2. The fourth-order valence-corrected chi connectivity index (χ4v) is 3.11. The summed E-state index contributed by atoms with van der Waals surface area (Å²) < 4.78 is 16.5. The van der Waals surface area contributed by atoms with E-state index in [0.29, 0.717) is 11.1 Å². The van der Waals surface area contributed by atoms with E-state index in [0.717, 1.165) is 13.2 Å². The number of hydrogen-bond donors (Lipinski definition) is 2. The van der Waals surface area contributed by atoms with Crippen LogP contribution in [0.5, 0.6) is 11.5 Å². The van der Waals surface area contributed by atoms with Gasteiger partial charge >= 0.3 is 0 Å².